The van der Waals surface area contributed by atoms with E-state index in [4.69, 9.17) is 4.84 Å². The molecular weight excluding hydrogens is 226 g/mol. The van der Waals surface area contributed by atoms with Gasteiger partial charge in [0.05, 0.1) is 17.9 Å². The maximum Gasteiger partial charge on any atom is 0.237 e. The molecule has 2 spiro atoms. The number of hydroxylamine groups is 1. The van der Waals surface area contributed by atoms with Crippen LogP contribution in [0.4, 0.5) is 0 Å². The fourth-order valence-corrected chi connectivity index (χ4v) is 7.69. The summed E-state index contributed by atoms with van der Waals surface area (Å²) >= 11 is 0. The monoisotopic (exact) mass is 243 g/mol. The Hall–Kier alpha value is -0.130. The number of hydrogen-bond donors (Lipinski definition) is 0. The molecule has 0 N–H and O–H groups in total. The Morgan fingerprint density at radius 1 is 1.38 bits per heavy atom. The van der Waals surface area contributed by atoms with Crippen molar-refractivity contribution in [3.8, 4) is 0 Å². The lowest BCUT2D eigenvalue weighted by Crippen LogP contribution is -2.65. The highest BCUT2D eigenvalue weighted by Gasteiger charge is 2.82. The van der Waals surface area contributed by atoms with Crippen LogP contribution in [0.1, 0.15) is 33.1 Å². The predicted octanol–water partition coefficient (Wildman–Crippen LogP) is 1.14. The molecule has 2 aliphatic carbocycles. The van der Waals surface area contributed by atoms with E-state index in [-0.39, 0.29) is 16.4 Å². The van der Waals surface area contributed by atoms with E-state index in [1.807, 2.05) is 0 Å². The van der Waals surface area contributed by atoms with Crippen LogP contribution in [0.15, 0.2) is 0 Å². The lowest BCUT2D eigenvalue weighted by atomic mass is 9.62. The summed E-state index contributed by atoms with van der Waals surface area (Å²) in [6.07, 6.45) is 3.26. The van der Waals surface area contributed by atoms with Crippen LogP contribution in [0, 0.1) is 16.7 Å². The molecule has 16 heavy (non-hydrogen) atoms. The van der Waals surface area contributed by atoms with Crippen LogP contribution in [-0.2, 0) is 14.9 Å². The summed E-state index contributed by atoms with van der Waals surface area (Å²) in [5.41, 5.74) is -0.0569. The number of nitrogens with zero attached hydrogens (tertiary/aromatic N) is 1. The third-order valence-corrected chi connectivity index (χ3v) is 7.92. The summed E-state index contributed by atoms with van der Waals surface area (Å²) in [7, 11) is -3.16. The smallest absolute Gasteiger partial charge is 0.237 e. The molecule has 4 fully saturated rings. The normalized spacial score (nSPS) is 55.8. The van der Waals surface area contributed by atoms with Gasteiger partial charge in [0, 0.05) is 5.41 Å². The molecule has 90 valence electrons. The first-order valence-corrected chi connectivity index (χ1v) is 7.63. The van der Waals surface area contributed by atoms with Crippen molar-refractivity contribution in [2.45, 2.75) is 38.6 Å². The molecule has 0 aromatic heterocycles. The van der Waals surface area contributed by atoms with Gasteiger partial charge < -0.3 is 0 Å². The van der Waals surface area contributed by atoms with Gasteiger partial charge in [-0.1, -0.05) is 18.3 Å². The van der Waals surface area contributed by atoms with E-state index in [1.165, 1.54) is 10.9 Å². The van der Waals surface area contributed by atoms with E-state index in [0.29, 0.717) is 18.3 Å². The summed E-state index contributed by atoms with van der Waals surface area (Å²) in [6.45, 7) is 5.14. The minimum absolute atomic E-state index is 0.0399. The van der Waals surface area contributed by atoms with Gasteiger partial charge in [-0.2, -0.15) is 0 Å². The Morgan fingerprint density at radius 2 is 2.12 bits per heavy atom. The maximum absolute atomic E-state index is 12.1. The molecule has 3 atom stereocenters. The molecule has 2 saturated heterocycles. The molecule has 4 aliphatic rings. The van der Waals surface area contributed by atoms with E-state index in [1.54, 1.807) is 0 Å². The van der Waals surface area contributed by atoms with Gasteiger partial charge in [-0.15, -0.1) is 0 Å². The van der Waals surface area contributed by atoms with Crippen molar-refractivity contribution in [2.75, 3.05) is 12.4 Å². The van der Waals surface area contributed by atoms with Gasteiger partial charge in [0.25, 0.3) is 0 Å². The van der Waals surface area contributed by atoms with Crippen LogP contribution in [-0.4, -0.2) is 30.8 Å². The standard InChI is InChI=1S/C11H17NO3S/c1-9(2)8-3-4-10(9)7-16(13,14)12-11(10,5-8)6-15-12/h8H,3-7H2,1-2H3. The quantitative estimate of drug-likeness (QED) is 0.641. The van der Waals surface area contributed by atoms with Gasteiger partial charge >= 0.3 is 0 Å². The van der Waals surface area contributed by atoms with E-state index >= 15 is 0 Å². The van der Waals surface area contributed by atoms with Crippen molar-refractivity contribution in [1.82, 2.24) is 4.47 Å². The first kappa shape index (κ1) is 9.85. The molecule has 0 radical (unpaired) electrons. The van der Waals surface area contributed by atoms with Gasteiger partial charge in [0.15, 0.2) is 0 Å². The molecule has 5 heteroatoms. The molecular formula is C11H17NO3S. The summed E-state index contributed by atoms with van der Waals surface area (Å²) < 4.78 is 25.6. The highest BCUT2D eigenvalue weighted by atomic mass is 32.2. The van der Waals surface area contributed by atoms with E-state index in [9.17, 15) is 8.42 Å². The predicted molar refractivity (Wildman–Crippen MR) is 57.9 cm³/mol. The Balaban J connectivity index is 1.98. The SMILES string of the molecule is CC1(C)C2CCC13CS(=O)(=O)N1OCC13C2. The zero-order chi connectivity index (χ0) is 11.4. The van der Waals surface area contributed by atoms with Crippen molar-refractivity contribution in [3.05, 3.63) is 0 Å². The van der Waals surface area contributed by atoms with Crippen LogP contribution in [0.3, 0.4) is 0 Å². The molecule has 0 aromatic rings. The molecule has 3 unspecified atom stereocenters. The molecule has 2 bridgehead atoms. The second-order valence-corrected chi connectivity index (χ2v) is 8.32. The lowest BCUT2D eigenvalue weighted by Gasteiger charge is -2.52. The number of rotatable bonds is 0. The Labute approximate surface area is 96.0 Å². The van der Waals surface area contributed by atoms with Crippen molar-refractivity contribution in [3.63, 3.8) is 0 Å². The molecule has 2 aliphatic heterocycles. The van der Waals surface area contributed by atoms with Crippen LogP contribution in [0.5, 0.6) is 0 Å². The zero-order valence-corrected chi connectivity index (χ0v) is 10.5. The Morgan fingerprint density at radius 3 is 2.62 bits per heavy atom. The average Bonchev–Trinajstić information content (AvgIpc) is 2.50. The Bertz CT molecular complexity index is 485. The molecule has 2 saturated carbocycles. The summed E-state index contributed by atoms with van der Waals surface area (Å²) in [5.74, 6) is 0.984. The number of sulfonamides is 1. The fourth-order valence-electron chi connectivity index (χ4n) is 5.12. The maximum atomic E-state index is 12.1. The van der Waals surface area contributed by atoms with Gasteiger partial charge in [0.1, 0.15) is 0 Å². The molecule has 0 amide bonds. The molecule has 2 heterocycles. The minimum Gasteiger partial charge on any atom is -0.282 e. The van der Waals surface area contributed by atoms with E-state index < -0.39 is 10.0 Å². The highest BCUT2D eigenvalue weighted by Crippen LogP contribution is 2.76. The Kier molecular flexibility index (Phi) is 1.37. The van der Waals surface area contributed by atoms with Crippen molar-refractivity contribution < 1.29 is 13.3 Å². The van der Waals surface area contributed by atoms with E-state index in [2.05, 4.69) is 13.8 Å². The van der Waals surface area contributed by atoms with Crippen molar-refractivity contribution in [1.29, 1.82) is 0 Å². The molecule has 4 nitrogen and oxygen atoms in total. The third-order valence-electron chi connectivity index (χ3n) is 6.10. The summed E-state index contributed by atoms with van der Waals surface area (Å²) in [5, 5.41) is 0. The van der Waals surface area contributed by atoms with E-state index in [0.717, 1.165) is 12.8 Å². The van der Waals surface area contributed by atoms with Gasteiger partial charge in [-0.3, -0.25) is 4.84 Å². The van der Waals surface area contributed by atoms with Gasteiger partial charge in [0.2, 0.25) is 10.0 Å². The molecule has 0 aromatic carbocycles. The first-order valence-electron chi connectivity index (χ1n) is 6.02. The van der Waals surface area contributed by atoms with Crippen LogP contribution in [0.2, 0.25) is 0 Å². The summed E-state index contributed by atoms with van der Waals surface area (Å²) in [6, 6.07) is 0. The van der Waals surface area contributed by atoms with Crippen molar-refractivity contribution >= 4 is 10.0 Å². The highest BCUT2D eigenvalue weighted by molar-refractivity contribution is 7.89. The second-order valence-electron chi connectivity index (χ2n) is 6.53. The van der Waals surface area contributed by atoms with Gasteiger partial charge in [-0.25, -0.2) is 8.42 Å². The topological polar surface area (TPSA) is 46.6 Å². The van der Waals surface area contributed by atoms with Crippen LogP contribution < -0.4 is 0 Å². The lowest BCUT2D eigenvalue weighted by molar-refractivity contribution is -0.301. The number of hydrogen-bond acceptors (Lipinski definition) is 3. The van der Waals surface area contributed by atoms with Crippen molar-refractivity contribution in [2.24, 2.45) is 16.7 Å². The second kappa shape index (κ2) is 2.22. The molecule has 4 rings (SSSR count). The fraction of sp³-hybridized carbons (Fsp3) is 1.00. The third kappa shape index (κ3) is 0.663. The zero-order valence-electron chi connectivity index (χ0n) is 9.69. The largest absolute Gasteiger partial charge is 0.282 e. The van der Waals surface area contributed by atoms with Crippen LogP contribution >= 0.6 is 0 Å². The first-order chi connectivity index (χ1) is 7.36. The van der Waals surface area contributed by atoms with Gasteiger partial charge in [-0.05, 0) is 30.6 Å². The summed E-state index contributed by atoms with van der Waals surface area (Å²) in [4.78, 5) is 5.26. The minimum atomic E-state index is -3.16. The van der Waals surface area contributed by atoms with Crippen LogP contribution in [0.25, 0.3) is 0 Å². The number of fused-ring (bicyclic) bond motifs is 1. The average molecular weight is 243 g/mol.